The summed E-state index contributed by atoms with van der Waals surface area (Å²) in [7, 11) is 0. The molecule has 4 N–H and O–H groups in total. The van der Waals surface area contributed by atoms with Gasteiger partial charge in [-0.1, -0.05) is 6.08 Å². The summed E-state index contributed by atoms with van der Waals surface area (Å²) < 4.78 is 6.78. The molecular formula is C14H19N7O. The molecule has 0 spiro atoms. The van der Waals surface area contributed by atoms with E-state index in [1.165, 1.54) is 4.68 Å². The molecule has 8 heteroatoms. The predicted octanol–water partition coefficient (Wildman–Crippen LogP) is 0.172. The van der Waals surface area contributed by atoms with Crippen LogP contribution in [0.3, 0.4) is 0 Å². The van der Waals surface area contributed by atoms with Crippen molar-refractivity contribution >= 4 is 18.0 Å². The summed E-state index contributed by atoms with van der Waals surface area (Å²) >= 11 is 0. The maximum Gasteiger partial charge on any atom is 0.241 e. The Labute approximate surface area is 128 Å². The number of pyridine rings is 1. The zero-order valence-electron chi connectivity index (χ0n) is 12.2. The van der Waals surface area contributed by atoms with Crippen molar-refractivity contribution < 1.29 is 4.74 Å². The number of nitrogens with two attached hydrogens (primary N) is 2. The minimum atomic E-state index is 0.145. The van der Waals surface area contributed by atoms with Gasteiger partial charge in [-0.05, 0) is 18.2 Å². The first-order chi connectivity index (χ1) is 10.7. The molecule has 0 radical (unpaired) electrons. The summed E-state index contributed by atoms with van der Waals surface area (Å²) in [6, 6.07) is 3.79. The number of anilines is 2. The second-order valence-electron chi connectivity index (χ2n) is 5.00. The molecule has 116 valence electrons. The van der Waals surface area contributed by atoms with Crippen molar-refractivity contribution in [3.8, 4) is 5.69 Å². The molecule has 0 aromatic carbocycles. The van der Waals surface area contributed by atoms with Gasteiger partial charge in [0.15, 0.2) is 0 Å². The molecule has 3 rings (SSSR count). The van der Waals surface area contributed by atoms with Crippen LogP contribution in [0.5, 0.6) is 0 Å². The Morgan fingerprint density at radius 1 is 1.23 bits per heavy atom. The lowest BCUT2D eigenvalue weighted by Gasteiger charge is -2.25. The summed E-state index contributed by atoms with van der Waals surface area (Å²) in [5.41, 5.74) is 12.8. The lowest BCUT2D eigenvalue weighted by atomic mass is 10.3. The number of ether oxygens (including phenoxy) is 1. The molecule has 0 atom stereocenters. The fourth-order valence-electron chi connectivity index (χ4n) is 2.26. The Hall–Kier alpha value is -2.45. The van der Waals surface area contributed by atoms with Crippen LogP contribution < -0.4 is 11.5 Å². The first-order valence-electron chi connectivity index (χ1n) is 7.13. The average molecular weight is 301 g/mol. The van der Waals surface area contributed by atoms with Crippen LogP contribution in [-0.2, 0) is 4.74 Å². The number of nitrogen functional groups attached to an aromatic ring is 2. The van der Waals surface area contributed by atoms with Crippen LogP contribution in [0.4, 0.5) is 11.9 Å². The molecular weight excluding hydrogens is 282 g/mol. The highest BCUT2D eigenvalue weighted by molar-refractivity contribution is 5.47. The fraction of sp³-hybridized carbons (Fsp3) is 0.357. The minimum absolute atomic E-state index is 0.145. The Kier molecular flexibility index (Phi) is 4.31. The molecule has 1 aliphatic heterocycles. The smallest absolute Gasteiger partial charge is 0.241 e. The third kappa shape index (κ3) is 3.41. The van der Waals surface area contributed by atoms with E-state index in [1.807, 2.05) is 18.2 Å². The SMILES string of the molecule is Nc1nc(N)n(-c2ccc(C=CCN3CCOCC3)nc2)n1. The number of hydrogen-bond acceptors (Lipinski definition) is 7. The van der Waals surface area contributed by atoms with E-state index in [4.69, 9.17) is 16.2 Å². The molecule has 3 heterocycles. The van der Waals surface area contributed by atoms with E-state index in [1.54, 1.807) is 6.20 Å². The van der Waals surface area contributed by atoms with Crippen molar-refractivity contribution in [3.05, 3.63) is 30.1 Å². The van der Waals surface area contributed by atoms with Crippen LogP contribution in [0.1, 0.15) is 5.69 Å². The third-order valence-corrected chi connectivity index (χ3v) is 3.42. The second kappa shape index (κ2) is 6.54. The Balaban J connectivity index is 1.62. The number of aromatic nitrogens is 4. The van der Waals surface area contributed by atoms with Crippen molar-refractivity contribution in [1.29, 1.82) is 0 Å². The zero-order valence-corrected chi connectivity index (χ0v) is 12.2. The van der Waals surface area contributed by atoms with E-state index in [2.05, 4.69) is 26.0 Å². The van der Waals surface area contributed by atoms with Gasteiger partial charge in [-0.2, -0.15) is 9.67 Å². The number of nitrogens with zero attached hydrogens (tertiary/aromatic N) is 5. The van der Waals surface area contributed by atoms with Crippen LogP contribution in [0.2, 0.25) is 0 Å². The Bertz CT molecular complexity index is 644. The summed E-state index contributed by atoms with van der Waals surface area (Å²) in [5.74, 6) is 0.391. The zero-order chi connectivity index (χ0) is 15.4. The predicted molar refractivity (Wildman–Crippen MR) is 84.3 cm³/mol. The summed E-state index contributed by atoms with van der Waals surface area (Å²) in [6.07, 6.45) is 5.80. The van der Waals surface area contributed by atoms with Crippen LogP contribution in [0.25, 0.3) is 11.8 Å². The standard InChI is InChI=1S/C14H19N7O/c15-13-18-14(16)21(19-13)12-4-3-11(17-10-12)2-1-5-20-6-8-22-9-7-20/h1-4,10H,5-9H2,(H4,15,16,18,19). The molecule has 0 bridgehead atoms. The lowest BCUT2D eigenvalue weighted by molar-refractivity contribution is 0.0435. The number of rotatable bonds is 4. The van der Waals surface area contributed by atoms with Gasteiger partial charge in [0.05, 0.1) is 30.8 Å². The first-order valence-corrected chi connectivity index (χ1v) is 7.13. The van der Waals surface area contributed by atoms with E-state index in [0.29, 0.717) is 0 Å². The number of morpholine rings is 1. The molecule has 0 unspecified atom stereocenters. The molecule has 8 nitrogen and oxygen atoms in total. The quantitative estimate of drug-likeness (QED) is 0.828. The van der Waals surface area contributed by atoms with Crippen molar-refractivity contribution in [2.24, 2.45) is 0 Å². The van der Waals surface area contributed by atoms with Crippen molar-refractivity contribution in [1.82, 2.24) is 24.6 Å². The van der Waals surface area contributed by atoms with E-state index in [0.717, 1.165) is 44.2 Å². The highest BCUT2D eigenvalue weighted by atomic mass is 16.5. The molecule has 1 saturated heterocycles. The highest BCUT2D eigenvalue weighted by Gasteiger charge is 2.08. The van der Waals surface area contributed by atoms with E-state index >= 15 is 0 Å². The van der Waals surface area contributed by atoms with Gasteiger partial charge in [0.1, 0.15) is 0 Å². The van der Waals surface area contributed by atoms with Crippen LogP contribution >= 0.6 is 0 Å². The van der Waals surface area contributed by atoms with Crippen molar-refractivity contribution in [2.75, 3.05) is 44.3 Å². The largest absolute Gasteiger partial charge is 0.379 e. The maximum absolute atomic E-state index is 5.73. The summed E-state index contributed by atoms with van der Waals surface area (Å²) in [4.78, 5) is 10.6. The van der Waals surface area contributed by atoms with Gasteiger partial charge < -0.3 is 16.2 Å². The van der Waals surface area contributed by atoms with Gasteiger partial charge in [-0.15, -0.1) is 5.10 Å². The highest BCUT2D eigenvalue weighted by Crippen LogP contribution is 2.12. The number of hydrogen-bond donors (Lipinski definition) is 2. The van der Waals surface area contributed by atoms with Gasteiger partial charge in [-0.25, -0.2) is 0 Å². The van der Waals surface area contributed by atoms with E-state index in [9.17, 15) is 0 Å². The Morgan fingerprint density at radius 3 is 2.68 bits per heavy atom. The lowest BCUT2D eigenvalue weighted by Crippen LogP contribution is -2.36. The van der Waals surface area contributed by atoms with Crippen LogP contribution in [0, 0.1) is 0 Å². The van der Waals surface area contributed by atoms with Gasteiger partial charge in [-0.3, -0.25) is 9.88 Å². The molecule has 22 heavy (non-hydrogen) atoms. The Morgan fingerprint density at radius 2 is 2.05 bits per heavy atom. The molecule has 1 fully saturated rings. The topological polar surface area (TPSA) is 108 Å². The molecule has 2 aromatic heterocycles. The van der Waals surface area contributed by atoms with E-state index in [-0.39, 0.29) is 11.9 Å². The molecule has 1 aliphatic rings. The molecule has 2 aromatic rings. The minimum Gasteiger partial charge on any atom is -0.379 e. The third-order valence-electron chi connectivity index (χ3n) is 3.42. The molecule has 0 aliphatic carbocycles. The molecule has 0 amide bonds. The molecule has 0 saturated carbocycles. The summed E-state index contributed by atoms with van der Waals surface area (Å²) in [5, 5.41) is 4.02. The second-order valence-corrected chi connectivity index (χ2v) is 5.00. The van der Waals surface area contributed by atoms with Crippen molar-refractivity contribution in [3.63, 3.8) is 0 Å². The van der Waals surface area contributed by atoms with Gasteiger partial charge in [0.2, 0.25) is 11.9 Å². The first kappa shape index (κ1) is 14.5. The van der Waals surface area contributed by atoms with Gasteiger partial charge in [0, 0.05) is 19.6 Å². The van der Waals surface area contributed by atoms with Gasteiger partial charge >= 0.3 is 0 Å². The van der Waals surface area contributed by atoms with Gasteiger partial charge in [0.25, 0.3) is 0 Å². The normalized spacial score (nSPS) is 16.4. The monoisotopic (exact) mass is 301 g/mol. The fourth-order valence-corrected chi connectivity index (χ4v) is 2.26. The van der Waals surface area contributed by atoms with E-state index < -0.39 is 0 Å². The van der Waals surface area contributed by atoms with Crippen molar-refractivity contribution in [2.45, 2.75) is 0 Å². The maximum atomic E-state index is 5.73. The van der Waals surface area contributed by atoms with Crippen LogP contribution in [-0.4, -0.2) is 57.5 Å². The summed E-state index contributed by atoms with van der Waals surface area (Å²) in [6.45, 7) is 4.47. The average Bonchev–Trinajstić information content (AvgIpc) is 2.88. The van der Waals surface area contributed by atoms with Crippen LogP contribution in [0.15, 0.2) is 24.4 Å².